The third kappa shape index (κ3) is 2.68. The lowest BCUT2D eigenvalue weighted by Crippen LogP contribution is -2.20. The largest absolute Gasteiger partial charge is 0.493 e. The fraction of sp³-hybridized carbons (Fsp3) is 0.455. The van der Waals surface area contributed by atoms with Crippen LogP contribution in [0.25, 0.3) is 0 Å². The second-order valence-electron chi connectivity index (χ2n) is 4.21. The molecule has 3 N–H and O–H groups in total. The van der Waals surface area contributed by atoms with Gasteiger partial charge in [-0.3, -0.25) is 5.43 Å². The van der Waals surface area contributed by atoms with Gasteiger partial charge in [0.2, 0.25) is 11.3 Å². The number of methoxy groups -OCH3 is 1. The highest BCUT2D eigenvalue weighted by atomic mass is 32.2. The van der Waals surface area contributed by atoms with E-state index in [2.05, 4.69) is 15.5 Å². The smallest absolute Gasteiger partial charge is 0.259 e. The third-order valence-corrected chi connectivity index (χ3v) is 3.67. The van der Waals surface area contributed by atoms with Gasteiger partial charge in [-0.05, 0) is 6.42 Å². The minimum Gasteiger partial charge on any atom is -0.493 e. The maximum atomic E-state index is 11.6. The highest BCUT2D eigenvalue weighted by Crippen LogP contribution is 2.33. The molecule has 110 valence electrons. The fourth-order valence-corrected chi connectivity index (χ4v) is 2.70. The van der Waals surface area contributed by atoms with Gasteiger partial charge in [0.25, 0.3) is 10.0 Å². The summed E-state index contributed by atoms with van der Waals surface area (Å²) in [4.78, 5) is 3.89. The molecule has 1 aromatic heterocycles. The van der Waals surface area contributed by atoms with E-state index in [4.69, 9.17) is 14.6 Å². The monoisotopic (exact) mass is 300 g/mol. The Bertz CT molecular complexity index is 622. The Balaban J connectivity index is 2.59. The molecule has 8 nitrogen and oxygen atoms in total. The lowest BCUT2D eigenvalue weighted by atomic mass is 10.0. The van der Waals surface area contributed by atoms with Crippen molar-refractivity contribution in [3.05, 3.63) is 17.3 Å². The third-order valence-electron chi connectivity index (χ3n) is 2.84. The number of nitrogens with two attached hydrogens (primary N) is 1. The second-order valence-corrected chi connectivity index (χ2v) is 5.68. The van der Waals surface area contributed by atoms with Gasteiger partial charge in [0.05, 0.1) is 7.11 Å². The lowest BCUT2D eigenvalue weighted by molar-refractivity contribution is 0.196. The Labute approximate surface area is 117 Å². The molecule has 20 heavy (non-hydrogen) atoms. The molecule has 0 fully saturated rings. The molecule has 0 saturated carbocycles. The maximum Gasteiger partial charge on any atom is 0.259 e. The van der Waals surface area contributed by atoms with Gasteiger partial charge in [0.1, 0.15) is 0 Å². The first-order chi connectivity index (χ1) is 9.49. The molecule has 9 heteroatoms. The van der Waals surface area contributed by atoms with Crippen LogP contribution in [-0.2, 0) is 21.2 Å². The predicted molar refractivity (Wildman–Crippen MR) is 71.6 cm³/mol. The molecule has 0 aliphatic carbocycles. The molecule has 2 heterocycles. The van der Waals surface area contributed by atoms with Crippen LogP contribution in [0.15, 0.2) is 16.3 Å². The van der Waals surface area contributed by atoms with E-state index in [1.807, 2.05) is 6.92 Å². The fourth-order valence-electron chi connectivity index (χ4n) is 2.03. The van der Waals surface area contributed by atoms with E-state index in [0.29, 0.717) is 17.5 Å². The minimum absolute atomic E-state index is 0.157. The van der Waals surface area contributed by atoms with E-state index >= 15 is 0 Å². The number of hydrazone groups is 1. The van der Waals surface area contributed by atoms with E-state index < -0.39 is 16.3 Å². The lowest BCUT2D eigenvalue weighted by Gasteiger charge is -2.18. The second kappa shape index (κ2) is 5.63. The van der Waals surface area contributed by atoms with Crippen LogP contribution in [-0.4, -0.2) is 26.9 Å². The number of nitrogens with zero attached hydrogens (tertiary/aromatic N) is 2. The van der Waals surface area contributed by atoms with Crippen LogP contribution in [0.5, 0.6) is 5.75 Å². The van der Waals surface area contributed by atoms with E-state index in [-0.39, 0.29) is 10.8 Å². The predicted octanol–water partition coefficient (Wildman–Crippen LogP) is 0.252. The Morgan fingerprint density at radius 3 is 2.80 bits per heavy atom. The zero-order chi connectivity index (χ0) is 14.8. The number of hydrogen-bond acceptors (Lipinski definition) is 7. The average Bonchev–Trinajstić information content (AvgIpc) is 2.91. The van der Waals surface area contributed by atoms with E-state index in [0.717, 1.165) is 6.42 Å². The summed E-state index contributed by atoms with van der Waals surface area (Å²) in [6.45, 7) is 1.97. The van der Waals surface area contributed by atoms with Gasteiger partial charge in [0, 0.05) is 17.3 Å². The van der Waals surface area contributed by atoms with E-state index in [1.54, 1.807) is 0 Å². The summed E-state index contributed by atoms with van der Waals surface area (Å²) in [7, 11) is -2.57. The number of aromatic nitrogens is 1. The number of primary sulfonamides is 1. The van der Waals surface area contributed by atoms with Crippen LogP contribution in [0.4, 0.5) is 0 Å². The molecule has 1 aromatic rings. The van der Waals surface area contributed by atoms with Crippen molar-refractivity contribution in [3.8, 4) is 5.75 Å². The molecule has 2 rings (SSSR count). The van der Waals surface area contributed by atoms with Crippen molar-refractivity contribution in [2.24, 2.45) is 10.2 Å². The Morgan fingerprint density at radius 1 is 1.55 bits per heavy atom. The van der Waals surface area contributed by atoms with Crippen LogP contribution in [0.3, 0.4) is 0 Å². The molecular formula is C11H16N4O4S. The molecule has 1 aliphatic heterocycles. The molecule has 0 spiro atoms. The van der Waals surface area contributed by atoms with Crippen molar-refractivity contribution in [2.75, 3.05) is 7.11 Å². The summed E-state index contributed by atoms with van der Waals surface area (Å²) in [5.41, 5.74) is 4.12. The molecule has 0 radical (unpaired) electrons. The van der Waals surface area contributed by atoms with Gasteiger partial charge in [0.15, 0.2) is 12.2 Å². The highest BCUT2D eigenvalue weighted by Gasteiger charge is 2.27. The molecule has 0 aromatic carbocycles. The molecule has 1 atom stereocenters. The first kappa shape index (κ1) is 14.5. The SMILES string of the molecule is CCCc1c(C2NN=CO2)cnc(S(N)(=O)=O)c1OC. The van der Waals surface area contributed by atoms with Crippen molar-refractivity contribution in [1.29, 1.82) is 0 Å². The highest BCUT2D eigenvalue weighted by molar-refractivity contribution is 7.89. The van der Waals surface area contributed by atoms with Crippen LogP contribution >= 0.6 is 0 Å². The molecule has 0 amide bonds. The Morgan fingerprint density at radius 2 is 2.30 bits per heavy atom. The topological polar surface area (TPSA) is 116 Å². The summed E-state index contributed by atoms with van der Waals surface area (Å²) in [6, 6.07) is 0. The number of pyridine rings is 1. The minimum atomic E-state index is -3.96. The molecule has 1 aliphatic rings. The summed E-state index contributed by atoms with van der Waals surface area (Å²) in [6.07, 6.45) is 3.59. The van der Waals surface area contributed by atoms with Gasteiger partial charge < -0.3 is 9.47 Å². The zero-order valence-electron chi connectivity index (χ0n) is 11.2. The standard InChI is InChI=1S/C11H16N4O4S/c1-3-4-7-8(10-15-14-6-19-10)5-13-11(9(7)18-2)20(12,16)17/h5-6,10,15H,3-4H2,1-2H3,(H2,12,16,17). The molecular weight excluding hydrogens is 284 g/mol. The molecule has 1 unspecified atom stereocenters. The number of rotatable bonds is 5. The number of nitrogens with one attached hydrogen (secondary N) is 1. The summed E-state index contributed by atoms with van der Waals surface area (Å²) >= 11 is 0. The first-order valence-electron chi connectivity index (χ1n) is 6.00. The average molecular weight is 300 g/mol. The van der Waals surface area contributed by atoms with Crippen LogP contribution < -0.4 is 15.3 Å². The first-order valence-corrected chi connectivity index (χ1v) is 7.54. The van der Waals surface area contributed by atoms with E-state index in [9.17, 15) is 8.42 Å². The maximum absolute atomic E-state index is 11.6. The van der Waals surface area contributed by atoms with Gasteiger partial charge in [-0.25, -0.2) is 18.5 Å². The van der Waals surface area contributed by atoms with Crippen molar-refractivity contribution in [3.63, 3.8) is 0 Å². The van der Waals surface area contributed by atoms with Crippen LogP contribution in [0.1, 0.15) is 30.7 Å². The Kier molecular flexibility index (Phi) is 4.09. The van der Waals surface area contributed by atoms with Crippen LogP contribution in [0, 0.1) is 0 Å². The van der Waals surface area contributed by atoms with E-state index in [1.165, 1.54) is 19.7 Å². The summed E-state index contributed by atoms with van der Waals surface area (Å²) in [5, 5.41) is 8.65. The van der Waals surface area contributed by atoms with Gasteiger partial charge in [-0.15, -0.1) is 5.10 Å². The Hall–Kier alpha value is -1.87. The van der Waals surface area contributed by atoms with Gasteiger partial charge in [-0.2, -0.15) is 0 Å². The molecule has 0 bridgehead atoms. The summed E-state index contributed by atoms with van der Waals surface area (Å²) in [5.74, 6) is 0.157. The number of ether oxygens (including phenoxy) is 2. The normalized spacial score (nSPS) is 17.6. The quantitative estimate of drug-likeness (QED) is 0.805. The van der Waals surface area contributed by atoms with Crippen molar-refractivity contribution in [2.45, 2.75) is 31.0 Å². The van der Waals surface area contributed by atoms with Crippen molar-refractivity contribution >= 4 is 16.4 Å². The number of hydrogen-bond donors (Lipinski definition) is 2. The van der Waals surface area contributed by atoms with Crippen LogP contribution in [0.2, 0.25) is 0 Å². The molecule has 0 saturated heterocycles. The van der Waals surface area contributed by atoms with Crippen molar-refractivity contribution in [1.82, 2.24) is 10.4 Å². The number of sulfonamides is 1. The zero-order valence-corrected chi connectivity index (χ0v) is 12.0. The van der Waals surface area contributed by atoms with Crippen molar-refractivity contribution < 1.29 is 17.9 Å². The van der Waals surface area contributed by atoms with Gasteiger partial charge in [-0.1, -0.05) is 13.3 Å². The summed E-state index contributed by atoms with van der Waals surface area (Å²) < 4.78 is 33.6. The van der Waals surface area contributed by atoms with Gasteiger partial charge >= 0.3 is 0 Å².